The first-order valence-electron chi connectivity index (χ1n) is 7.86. The Morgan fingerprint density at radius 1 is 1.14 bits per heavy atom. The highest BCUT2D eigenvalue weighted by Gasteiger charge is 2.46. The van der Waals surface area contributed by atoms with Gasteiger partial charge in [0.15, 0.2) is 0 Å². The Balaban J connectivity index is 1.36. The van der Waals surface area contributed by atoms with E-state index in [2.05, 4.69) is 24.3 Å². The van der Waals surface area contributed by atoms with Gasteiger partial charge in [-0.05, 0) is 31.2 Å². The zero-order valence-electron chi connectivity index (χ0n) is 12.5. The van der Waals surface area contributed by atoms with Crippen LogP contribution in [0.3, 0.4) is 0 Å². The van der Waals surface area contributed by atoms with Gasteiger partial charge in [0.1, 0.15) is 0 Å². The van der Waals surface area contributed by atoms with Crippen LogP contribution in [0.2, 0.25) is 0 Å². The third-order valence-corrected chi connectivity index (χ3v) is 4.61. The van der Waals surface area contributed by atoms with Crippen LogP contribution in [0.1, 0.15) is 31.2 Å². The van der Waals surface area contributed by atoms with Gasteiger partial charge >= 0.3 is 0 Å². The minimum absolute atomic E-state index is 0.0785. The lowest BCUT2D eigenvalue weighted by molar-refractivity contribution is -0.135. The zero-order chi connectivity index (χ0) is 14.5. The van der Waals surface area contributed by atoms with E-state index in [0.29, 0.717) is 19.1 Å². The molecule has 3 heteroatoms. The first-order valence-corrected chi connectivity index (χ1v) is 7.86. The van der Waals surface area contributed by atoms with Crippen molar-refractivity contribution in [2.24, 2.45) is 5.41 Å². The number of likely N-dealkylation sites (tertiary alicyclic amines) is 1. The van der Waals surface area contributed by atoms with Gasteiger partial charge in [-0.2, -0.15) is 0 Å². The van der Waals surface area contributed by atoms with E-state index in [1.165, 1.54) is 5.56 Å². The van der Waals surface area contributed by atoms with E-state index in [1.807, 2.05) is 23.1 Å². The Hall–Kier alpha value is -1.61. The fourth-order valence-electron chi connectivity index (χ4n) is 3.31. The lowest BCUT2D eigenvalue weighted by Gasteiger charge is -2.22. The number of ether oxygens (including phenoxy) is 1. The minimum Gasteiger partial charge on any atom is -0.377 e. The molecule has 3 rings (SSSR count). The number of carbonyl (C=O) groups is 1. The van der Waals surface area contributed by atoms with Crippen molar-refractivity contribution < 1.29 is 9.53 Å². The van der Waals surface area contributed by atoms with E-state index in [4.69, 9.17) is 4.74 Å². The Bertz CT molecular complexity index is 501. The molecule has 1 aliphatic heterocycles. The molecule has 0 bridgehead atoms. The van der Waals surface area contributed by atoms with Gasteiger partial charge in [0.05, 0.1) is 12.0 Å². The summed E-state index contributed by atoms with van der Waals surface area (Å²) in [6.07, 6.45) is 8.13. The highest BCUT2D eigenvalue weighted by molar-refractivity contribution is 5.85. The maximum Gasteiger partial charge on any atom is 0.229 e. The molecule has 1 saturated heterocycles. The topological polar surface area (TPSA) is 29.5 Å². The minimum atomic E-state index is -0.0785. The number of nitrogens with zero attached hydrogens (tertiary/aromatic N) is 1. The summed E-state index contributed by atoms with van der Waals surface area (Å²) < 4.78 is 5.68. The van der Waals surface area contributed by atoms with Crippen molar-refractivity contribution in [1.82, 2.24) is 4.90 Å². The summed E-state index contributed by atoms with van der Waals surface area (Å²) in [4.78, 5) is 14.5. The number of hydrogen-bond acceptors (Lipinski definition) is 2. The number of hydrogen-bond donors (Lipinski definition) is 0. The molecule has 1 aromatic rings. The van der Waals surface area contributed by atoms with Crippen molar-refractivity contribution in [3.8, 4) is 0 Å². The average molecular weight is 285 g/mol. The molecule has 0 unspecified atom stereocenters. The largest absolute Gasteiger partial charge is 0.377 e. The second-order valence-electron chi connectivity index (χ2n) is 6.09. The van der Waals surface area contributed by atoms with Crippen LogP contribution in [0.15, 0.2) is 42.5 Å². The van der Waals surface area contributed by atoms with Crippen molar-refractivity contribution in [2.45, 2.75) is 32.3 Å². The number of rotatable bonds is 6. The summed E-state index contributed by atoms with van der Waals surface area (Å²) in [6, 6.07) is 10.2. The molecule has 1 aliphatic carbocycles. The second kappa shape index (κ2) is 6.44. The van der Waals surface area contributed by atoms with Gasteiger partial charge in [-0.25, -0.2) is 0 Å². The maximum absolute atomic E-state index is 12.5. The zero-order valence-corrected chi connectivity index (χ0v) is 12.5. The van der Waals surface area contributed by atoms with E-state index in [9.17, 15) is 4.79 Å². The van der Waals surface area contributed by atoms with E-state index in [-0.39, 0.29) is 5.41 Å². The molecule has 1 aromatic carbocycles. The van der Waals surface area contributed by atoms with Crippen molar-refractivity contribution in [2.75, 3.05) is 19.7 Å². The lowest BCUT2D eigenvalue weighted by Crippen LogP contribution is -2.34. The molecule has 0 aromatic heterocycles. The van der Waals surface area contributed by atoms with Gasteiger partial charge in [0, 0.05) is 19.7 Å². The second-order valence-corrected chi connectivity index (χ2v) is 6.09. The van der Waals surface area contributed by atoms with Crippen molar-refractivity contribution in [1.29, 1.82) is 0 Å². The molecular weight excluding hydrogens is 262 g/mol. The highest BCUT2D eigenvalue weighted by atomic mass is 16.5. The smallest absolute Gasteiger partial charge is 0.229 e. The third-order valence-electron chi connectivity index (χ3n) is 4.61. The van der Waals surface area contributed by atoms with Crippen molar-refractivity contribution >= 4 is 5.91 Å². The standard InChI is InChI=1S/C18H23NO2/c20-17-18(9-4-5-10-18)11-13-19(17)12-6-14-21-15-16-7-2-1-3-8-16/h1-5,7-8H,6,9-15H2. The SMILES string of the molecule is O=C1N(CCCOCc2ccccc2)CCC12CC=CC2. The fourth-order valence-corrected chi connectivity index (χ4v) is 3.31. The Labute approximate surface area is 126 Å². The Morgan fingerprint density at radius 3 is 2.67 bits per heavy atom. The molecule has 2 aliphatic rings. The van der Waals surface area contributed by atoms with Gasteiger partial charge in [0.2, 0.25) is 5.91 Å². The molecule has 112 valence electrons. The fraction of sp³-hybridized carbons (Fsp3) is 0.500. The first-order chi connectivity index (χ1) is 10.3. The van der Waals surface area contributed by atoms with Crippen LogP contribution in [0.5, 0.6) is 0 Å². The molecule has 21 heavy (non-hydrogen) atoms. The normalized spacial score (nSPS) is 19.8. The summed E-state index contributed by atoms with van der Waals surface area (Å²) in [5.41, 5.74) is 1.12. The maximum atomic E-state index is 12.5. The molecular formula is C18H23NO2. The van der Waals surface area contributed by atoms with Gasteiger partial charge in [-0.15, -0.1) is 0 Å². The molecule has 1 spiro atoms. The molecule has 0 N–H and O–H groups in total. The molecule has 1 amide bonds. The van der Waals surface area contributed by atoms with Crippen LogP contribution in [-0.4, -0.2) is 30.5 Å². The van der Waals surface area contributed by atoms with Crippen LogP contribution in [-0.2, 0) is 16.1 Å². The summed E-state index contributed by atoms with van der Waals surface area (Å²) >= 11 is 0. The lowest BCUT2D eigenvalue weighted by atomic mass is 9.84. The molecule has 3 nitrogen and oxygen atoms in total. The number of benzene rings is 1. The van der Waals surface area contributed by atoms with Gasteiger partial charge in [0.25, 0.3) is 0 Å². The van der Waals surface area contributed by atoms with Crippen molar-refractivity contribution in [3.63, 3.8) is 0 Å². The molecule has 0 saturated carbocycles. The van der Waals surface area contributed by atoms with Crippen LogP contribution < -0.4 is 0 Å². The van der Waals surface area contributed by atoms with E-state index in [1.54, 1.807) is 0 Å². The number of amides is 1. The first kappa shape index (κ1) is 14.3. The summed E-state index contributed by atoms with van der Waals surface area (Å²) in [6.45, 7) is 3.11. The molecule has 0 atom stereocenters. The monoisotopic (exact) mass is 285 g/mol. The summed E-state index contributed by atoms with van der Waals surface area (Å²) in [5, 5.41) is 0. The van der Waals surface area contributed by atoms with Gasteiger partial charge < -0.3 is 9.64 Å². The van der Waals surface area contributed by atoms with Crippen LogP contribution in [0.4, 0.5) is 0 Å². The predicted molar refractivity (Wildman–Crippen MR) is 82.7 cm³/mol. The number of allylic oxidation sites excluding steroid dienone is 2. The summed E-state index contributed by atoms with van der Waals surface area (Å²) in [5.74, 6) is 0.357. The van der Waals surface area contributed by atoms with Crippen LogP contribution >= 0.6 is 0 Å². The molecule has 0 radical (unpaired) electrons. The Kier molecular flexibility index (Phi) is 4.39. The van der Waals surface area contributed by atoms with Crippen LogP contribution in [0.25, 0.3) is 0 Å². The highest BCUT2D eigenvalue weighted by Crippen LogP contribution is 2.42. The molecule has 1 heterocycles. The van der Waals surface area contributed by atoms with Gasteiger partial charge in [-0.1, -0.05) is 42.5 Å². The summed E-state index contributed by atoms with van der Waals surface area (Å²) in [7, 11) is 0. The van der Waals surface area contributed by atoms with Crippen molar-refractivity contribution in [3.05, 3.63) is 48.0 Å². The van der Waals surface area contributed by atoms with Gasteiger partial charge in [-0.3, -0.25) is 4.79 Å². The Morgan fingerprint density at radius 2 is 1.90 bits per heavy atom. The quantitative estimate of drug-likeness (QED) is 0.593. The van der Waals surface area contributed by atoms with Crippen LogP contribution in [0, 0.1) is 5.41 Å². The van der Waals surface area contributed by atoms with E-state index < -0.39 is 0 Å². The molecule has 1 fully saturated rings. The number of carbonyl (C=O) groups excluding carboxylic acids is 1. The predicted octanol–water partition coefficient (Wildman–Crippen LogP) is 3.16. The van der Waals surface area contributed by atoms with E-state index >= 15 is 0 Å². The average Bonchev–Trinajstić information content (AvgIpc) is 3.11. The third kappa shape index (κ3) is 3.18. The van der Waals surface area contributed by atoms with E-state index in [0.717, 1.165) is 38.8 Å².